The van der Waals surface area contributed by atoms with Gasteiger partial charge in [-0.25, -0.2) is 0 Å². The summed E-state index contributed by atoms with van der Waals surface area (Å²) in [5, 5.41) is 0.771. The van der Waals surface area contributed by atoms with E-state index in [2.05, 4.69) is 9.36 Å². The lowest BCUT2D eigenvalue weighted by Crippen LogP contribution is -2.11. The van der Waals surface area contributed by atoms with Crippen LogP contribution in [0.2, 0.25) is 0 Å². The number of pyridine rings is 1. The van der Waals surface area contributed by atoms with E-state index in [0.29, 0.717) is 10.2 Å². The van der Waals surface area contributed by atoms with Crippen LogP contribution in [0.3, 0.4) is 0 Å². The monoisotopic (exact) mass is 218 g/mol. The Morgan fingerprint density at radius 2 is 1.93 bits per heavy atom. The quantitative estimate of drug-likeness (QED) is 0.599. The summed E-state index contributed by atoms with van der Waals surface area (Å²) in [4.78, 5) is 27.0. The van der Waals surface area contributed by atoms with Crippen LogP contribution in [-0.2, 0) is 0 Å². The molecule has 0 saturated heterocycles. The molecule has 3 rings (SSSR count). The molecule has 5 heteroatoms. The fourth-order valence-electron chi connectivity index (χ4n) is 1.64. The van der Waals surface area contributed by atoms with Gasteiger partial charge >= 0.3 is 0 Å². The van der Waals surface area contributed by atoms with E-state index >= 15 is 0 Å². The first-order valence-electron chi connectivity index (χ1n) is 4.39. The highest BCUT2D eigenvalue weighted by Gasteiger charge is 2.09. The van der Waals surface area contributed by atoms with Gasteiger partial charge in [0.05, 0.1) is 5.52 Å². The number of hydrogen-bond acceptors (Lipinski definition) is 3. The van der Waals surface area contributed by atoms with E-state index in [1.165, 1.54) is 0 Å². The smallest absolute Gasteiger partial charge is 0.271 e. The normalized spacial score (nSPS) is 11.2. The summed E-state index contributed by atoms with van der Waals surface area (Å²) in [7, 11) is 0. The molecule has 3 aromatic rings. The van der Waals surface area contributed by atoms with Crippen LogP contribution in [0.4, 0.5) is 0 Å². The van der Waals surface area contributed by atoms with Crippen molar-refractivity contribution in [1.29, 1.82) is 0 Å². The highest BCUT2D eigenvalue weighted by Crippen LogP contribution is 2.13. The Labute approximate surface area is 87.3 Å². The number of aromatic nitrogens is 2. The Kier molecular flexibility index (Phi) is 1.58. The standard InChI is InChI=1S/C10H6N2O2S/c13-8-5-3-1-2-4-6(5)11-10-7(8)9(14)12-15-10/h1-4H,(H,11,13)(H,12,14). The Bertz CT molecular complexity index is 766. The van der Waals surface area contributed by atoms with E-state index < -0.39 is 0 Å². The molecule has 2 N–H and O–H groups in total. The molecule has 15 heavy (non-hydrogen) atoms. The molecule has 0 saturated carbocycles. The summed E-state index contributed by atoms with van der Waals surface area (Å²) in [5.74, 6) is 0. The van der Waals surface area contributed by atoms with Gasteiger partial charge in [-0.15, -0.1) is 0 Å². The van der Waals surface area contributed by atoms with E-state index in [0.717, 1.165) is 17.0 Å². The number of H-pyrrole nitrogens is 2. The van der Waals surface area contributed by atoms with Crippen molar-refractivity contribution in [2.24, 2.45) is 0 Å². The van der Waals surface area contributed by atoms with Crippen molar-refractivity contribution >= 4 is 32.7 Å². The maximum absolute atomic E-state index is 11.9. The van der Waals surface area contributed by atoms with Crippen LogP contribution in [0, 0.1) is 0 Å². The maximum Gasteiger partial charge on any atom is 0.271 e. The molecule has 0 unspecified atom stereocenters. The third kappa shape index (κ3) is 1.07. The van der Waals surface area contributed by atoms with Crippen LogP contribution >= 0.6 is 11.5 Å². The van der Waals surface area contributed by atoms with E-state index in [1.54, 1.807) is 12.1 Å². The second-order valence-electron chi connectivity index (χ2n) is 3.24. The van der Waals surface area contributed by atoms with Crippen molar-refractivity contribution in [3.05, 3.63) is 44.8 Å². The minimum absolute atomic E-state index is 0.207. The first-order valence-corrected chi connectivity index (χ1v) is 5.21. The summed E-state index contributed by atoms with van der Waals surface area (Å²) < 4.78 is 2.55. The Balaban J connectivity index is 2.75. The molecule has 0 aliphatic rings. The van der Waals surface area contributed by atoms with Gasteiger partial charge in [0.1, 0.15) is 10.2 Å². The van der Waals surface area contributed by atoms with Gasteiger partial charge in [0, 0.05) is 5.39 Å². The van der Waals surface area contributed by atoms with Crippen LogP contribution in [0.5, 0.6) is 0 Å². The second kappa shape index (κ2) is 2.80. The zero-order chi connectivity index (χ0) is 10.4. The Morgan fingerprint density at radius 3 is 2.80 bits per heavy atom. The molecule has 0 bridgehead atoms. The van der Waals surface area contributed by atoms with Gasteiger partial charge in [0.2, 0.25) is 5.43 Å². The van der Waals surface area contributed by atoms with E-state index in [4.69, 9.17) is 0 Å². The van der Waals surface area contributed by atoms with Gasteiger partial charge in [-0.05, 0) is 23.7 Å². The zero-order valence-corrected chi connectivity index (χ0v) is 8.35. The molecule has 0 amide bonds. The Morgan fingerprint density at radius 1 is 1.13 bits per heavy atom. The van der Waals surface area contributed by atoms with Crippen molar-refractivity contribution in [1.82, 2.24) is 9.36 Å². The molecule has 2 heterocycles. The number of para-hydroxylation sites is 1. The van der Waals surface area contributed by atoms with E-state index in [9.17, 15) is 9.59 Å². The number of rotatable bonds is 0. The average Bonchev–Trinajstić information content (AvgIpc) is 2.61. The molecule has 0 spiro atoms. The van der Waals surface area contributed by atoms with Crippen molar-refractivity contribution in [3.63, 3.8) is 0 Å². The first-order chi connectivity index (χ1) is 7.27. The van der Waals surface area contributed by atoms with Gasteiger partial charge in [0.15, 0.2) is 0 Å². The van der Waals surface area contributed by atoms with Gasteiger partial charge < -0.3 is 4.98 Å². The third-order valence-corrected chi connectivity index (χ3v) is 3.14. The largest absolute Gasteiger partial charge is 0.345 e. The van der Waals surface area contributed by atoms with Crippen molar-refractivity contribution in [3.8, 4) is 0 Å². The minimum Gasteiger partial charge on any atom is -0.345 e. The van der Waals surface area contributed by atoms with Crippen LogP contribution < -0.4 is 11.0 Å². The summed E-state index contributed by atoms with van der Waals surface area (Å²) in [6, 6.07) is 7.16. The number of aromatic amines is 2. The molecule has 1 aromatic carbocycles. The van der Waals surface area contributed by atoms with E-state index in [1.807, 2.05) is 12.1 Å². The fourth-order valence-corrected chi connectivity index (χ4v) is 2.39. The maximum atomic E-state index is 11.9. The van der Waals surface area contributed by atoms with E-state index in [-0.39, 0.29) is 16.4 Å². The molecule has 74 valence electrons. The van der Waals surface area contributed by atoms with Gasteiger partial charge in [-0.2, -0.15) is 0 Å². The SMILES string of the molecule is O=c1[nH]sc2[nH]c3ccccc3c(=O)c12. The highest BCUT2D eigenvalue weighted by molar-refractivity contribution is 7.12. The topological polar surface area (TPSA) is 65.7 Å². The molecule has 2 aromatic heterocycles. The van der Waals surface area contributed by atoms with Crippen molar-refractivity contribution < 1.29 is 0 Å². The number of hydrogen-bond donors (Lipinski definition) is 2. The lowest BCUT2D eigenvalue weighted by Gasteiger charge is -1.95. The summed E-state index contributed by atoms with van der Waals surface area (Å²) in [5.41, 5.74) is 0.231. The first kappa shape index (κ1) is 8.43. The van der Waals surface area contributed by atoms with Crippen molar-refractivity contribution in [2.45, 2.75) is 0 Å². The second-order valence-corrected chi connectivity index (χ2v) is 4.05. The molecule has 0 fully saturated rings. The zero-order valence-electron chi connectivity index (χ0n) is 7.53. The predicted octanol–water partition coefficient (Wildman–Crippen LogP) is 1.43. The third-order valence-electron chi connectivity index (χ3n) is 2.35. The molecular weight excluding hydrogens is 212 g/mol. The van der Waals surface area contributed by atoms with Gasteiger partial charge in [0.25, 0.3) is 5.56 Å². The van der Waals surface area contributed by atoms with Crippen molar-refractivity contribution in [2.75, 3.05) is 0 Å². The number of nitrogens with one attached hydrogen (secondary N) is 2. The van der Waals surface area contributed by atoms with Gasteiger partial charge in [-0.3, -0.25) is 14.0 Å². The van der Waals surface area contributed by atoms with Crippen LogP contribution in [0.25, 0.3) is 21.1 Å². The Hall–Kier alpha value is -1.88. The molecular formula is C10H6N2O2S. The molecule has 4 nitrogen and oxygen atoms in total. The molecule has 0 atom stereocenters. The summed E-state index contributed by atoms with van der Waals surface area (Å²) >= 11 is 1.15. The molecule has 0 aliphatic heterocycles. The average molecular weight is 218 g/mol. The molecule has 0 radical (unpaired) electrons. The summed E-state index contributed by atoms with van der Waals surface area (Å²) in [6.07, 6.45) is 0. The highest BCUT2D eigenvalue weighted by atomic mass is 32.1. The van der Waals surface area contributed by atoms with Crippen LogP contribution in [0.1, 0.15) is 0 Å². The molecule has 0 aliphatic carbocycles. The summed E-state index contributed by atoms with van der Waals surface area (Å²) in [6.45, 7) is 0. The van der Waals surface area contributed by atoms with Crippen LogP contribution in [-0.4, -0.2) is 9.36 Å². The minimum atomic E-state index is -0.318. The predicted molar refractivity (Wildman–Crippen MR) is 60.6 cm³/mol. The van der Waals surface area contributed by atoms with Crippen LogP contribution in [0.15, 0.2) is 33.9 Å². The van der Waals surface area contributed by atoms with Gasteiger partial charge in [-0.1, -0.05) is 12.1 Å². The lowest BCUT2D eigenvalue weighted by atomic mass is 10.2. The lowest BCUT2D eigenvalue weighted by molar-refractivity contribution is 1.45. The number of fused-ring (bicyclic) bond motifs is 2. The number of benzene rings is 1. The fraction of sp³-hybridized carbons (Fsp3) is 0.